The molecule has 128 heavy (non-hydrogen) atoms. The Morgan fingerprint density at radius 1 is 0.367 bits per heavy atom. The molecule has 0 atom stereocenters. The molecule has 8 amide bonds. The van der Waals surface area contributed by atoms with Gasteiger partial charge in [-0.25, -0.2) is 43.5 Å². The van der Waals surface area contributed by atoms with Gasteiger partial charge in [-0.1, -0.05) is 135 Å². The predicted molar refractivity (Wildman–Crippen MR) is 514 cm³/mol. The maximum absolute atomic E-state index is 11.9. The molecule has 13 aromatic rings. The molecule has 674 valence electrons. The van der Waals surface area contributed by atoms with Crippen LogP contribution in [0.4, 0.5) is 47.7 Å². The van der Waals surface area contributed by atoms with Gasteiger partial charge in [-0.3, -0.25) is 43.2 Å². The molecule has 5 aliphatic rings. The molecule has 0 radical (unpaired) electrons. The van der Waals surface area contributed by atoms with Crippen molar-refractivity contribution in [3.8, 4) is 0 Å². The van der Waals surface area contributed by atoms with E-state index in [1.54, 1.807) is 61.7 Å². The standard InChI is InChI=1S/C12H16N2O.C12H14N2O.C12H13NO.C11H12N2O2.C11H14N2O.C10H13N3O.C10H14N2O2S.C10H12N2O.C9H11N3O/c2*1-9(2)14-8-7-10-5-3-4-6-11(10)13-12(14)15;1-8(2)10-7-9-5-3-4-6-11(9)13-12(10)14;1-7(2)13-10(14)8-5-3-4-6-9(8)12-11(13)15;1-8(2)13-7-9-5-3-4-6-10(9)12-11(13)14;1-7(2)13-6-8-4-3-5-11-9(8)12-10(13)14;1-8(2)12-7-9-5-3-4-6-10(9)11-15(12,13)14;1-7(2)12-9-6-4-3-5-8(9)11-10(12)13;1-6(2)12-7-4-3-5-10-8(7)11-9(12)13/h3-6,9H,7-8H2,1-2H3,(H,13,15);3-9H,1-2H3,(H,13,15);3-8H,1-2H3,(H,13,14);3-7H,1-2H3,(H,12,15);3-6,8H,7H2,1-2H3,(H,12,14);3-5,7H,6H2,1-2H3,(H,11,12,14);3-6,8,11H,7H2,1-2H3;3-7H,1-2H3,(H,11,13);3-6H,1-2H3,(H,10,11,13). The van der Waals surface area contributed by atoms with Crippen LogP contribution in [0.15, 0.2) is 243 Å². The molecule has 5 aliphatic heterocycles. The molecule has 0 saturated carbocycles. The van der Waals surface area contributed by atoms with Crippen molar-refractivity contribution in [3.63, 3.8) is 0 Å². The Hall–Kier alpha value is -13.9. The number of rotatable bonds is 9. The number of nitrogens with one attached hydrogen (secondary N) is 9. The van der Waals surface area contributed by atoms with Crippen LogP contribution in [0.5, 0.6) is 0 Å². The topological polar surface area (TPSA) is 368 Å². The molecule has 30 nitrogen and oxygen atoms in total. The number of para-hydroxylation sites is 8. The van der Waals surface area contributed by atoms with E-state index in [1.807, 2.05) is 310 Å². The van der Waals surface area contributed by atoms with Gasteiger partial charge in [-0.2, -0.15) is 12.7 Å². The van der Waals surface area contributed by atoms with Crippen LogP contribution in [0.3, 0.4) is 0 Å². The van der Waals surface area contributed by atoms with Gasteiger partial charge in [0.2, 0.25) is 0 Å². The molecule has 9 N–H and O–H groups in total. The zero-order chi connectivity index (χ0) is 93.0. The second-order valence-electron chi connectivity index (χ2n) is 33.6. The van der Waals surface area contributed by atoms with Gasteiger partial charge in [0.15, 0.2) is 5.65 Å². The lowest BCUT2D eigenvalue weighted by Gasteiger charge is -2.32. The normalized spacial score (nSPS) is 14.1. The Labute approximate surface area is 745 Å². The Morgan fingerprint density at radius 3 is 1.45 bits per heavy atom. The second-order valence-corrected chi connectivity index (χ2v) is 35.2. The van der Waals surface area contributed by atoms with E-state index in [4.69, 9.17) is 0 Å². The van der Waals surface area contributed by atoms with Crippen molar-refractivity contribution in [2.45, 2.75) is 205 Å². The number of hydrogen-bond acceptors (Lipinski definition) is 13. The number of carbonyl (C=O) groups is 4. The Bertz CT molecular complexity index is 6350. The first kappa shape index (κ1) is 96.3. The molecule has 0 fully saturated rings. The van der Waals surface area contributed by atoms with Crippen LogP contribution in [-0.4, -0.2) is 137 Å². The van der Waals surface area contributed by atoms with Crippen molar-refractivity contribution in [1.29, 1.82) is 0 Å². The Balaban J connectivity index is 0.000000150. The molecule has 0 aliphatic carbocycles. The van der Waals surface area contributed by atoms with E-state index in [9.17, 15) is 51.6 Å². The maximum atomic E-state index is 11.9. The number of aromatic amines is 4. The molecule has 7 aromatic carbocycles. The highest BCUT2D eigenvalue weighted by molar-refractivity contribution is 7.90. The van der Waals surface area contributed by atoms with Crippen molar-refractivity contribution >= 4 is 113 Å². The van der Waals surface area contributed by atoms with Gasteiger partial charge in [0, 0.05) is 120 Å². The first-order chi connectivity index (χ1) is 60.9. The highest BCUT2D eigenvalue weighted by Gasteiger charge is 2.32. The Morgan fingerprint density at radius 2 is 0.828 bits per heavy atom. The first-order valence-electron chi connectivity index (χ1n) is 43.1. The largest absolute Gasteiger partial charge is 0.329 e. The third-order valence-corrected chi connectivity index (χ3v) is 23.0. The zero-order valence-electron chi connectivity index (χ0n) is 76.0. The molecule has 0 spiro atoms. The summed E-state index contributed by atoms with van der Waals surface area (Å²) in [5.74, 6) is 0.956. The summed E-state index contributed by atoms with van der Waals surface area (Å²) in [5, 5.41) is 13.1. The molecule has 0 unspecified atom stereocenters. The van der Waals surface area contributed by atoms with Gasteiger partial charge in [-0.05, 0) is 236 Å². The molecular formula is C97H119N19O11S. The van der Waals surface area contributed by atoms with Gasteiger partial charge in [0.05, 0.1) is 39.7 Å². The highest BCUT2D eigenvalue weighted by Crippen LogP contribution is 2.30. The number of imidazole rings is 2. The molecule has 0 saturated heterocycles. The van der Waals surface area contributed by atoms with E-state index in [0.717, 1.165) is 79.7 Å². The fourth-order valence-electron chi connectivity index (χ4n) is 14.6. The maximum Gasteiger partial charge on any atom is 0.329 e. The fraction of sp³-hybridized carbons (Fsp3) is 0.330. The van der Waals surface area contributed by atoms with Gasteiger partial charge >= 0.3 is 51.4 Å². The predicted octanol–water partition coefficient (Wildman–Crippen LogP) is 18.4. The fourth-order valence-corrected chi connectivity index (χ4v) is 16.0. The van der Waals surface area contributed by atoms with Gasteiger partial charge in [0.25, 0.3) is 11.1 Å². The average Bonchev–Trinajstić information content (AvgIpc) is 1.64. The van der Waals surface area contributed by atoms with E-state index in [2.05, 4.69) is 62.0 Å². The van der Waals surface area contributed by atoms with Gasteiger partial charge < -0.3 is 45.6 Å². The quantitative estimate of drug-likeness (QED) is 0.0650. The van der Waals surface area contributed by atoms with E-state index in [-0.39, 0.29) is 107 Å². The summed E-state index contributed by atoms with van der Waals surface area (Å²) < 4.78 is 32.3. The number of amides is 8. The number of urea groups is 4. The number of aromatic nitrogens is 9. The van der Waals surface area contributed by atoms with Crippen LogP contribution < -0.4 is 54.2 Å². The highest BCUT2D eigenvalue weighted by atomic mass is 32.2. The minimum atomic E-state index is -3.35. The van der Waals surface area contributed by atoms with E-state index in [0.29, 0.717) is 47.7 Å². The van der Waals surface area contributed by atoms with Crippen LogP contribution in [0, 0.1) is 0 Å². The van der Waals surface area contributed by atoms with Crippen LogP contribution in [-0.2, 0) is 36.3 Å². The first-order valence-corrected chi connectivity index (χ1v) is 44.5. The van der Waals surface area contributed by atoms with Crippen LogP contribution in [0.1, 0.15) is 182 Å². The molecule has 31 heteroatoms. The second kappa shape index (κ2) is 43.8. The number of hydrogen-bond donors (Lipinski definition) is 9. The van der Waals surface area contributed by atoms with Crippen LogP contribution in [0.2, 0.25) is 0 Å². The molecule has 18 rings (SSSR count). The third kappa shape index (κ3) is 24.4. The van der Waals surface area contributed by atoms with E-state index < -0.39 is 10.2 Å². The lowest BCUT2D eigenvalue weighted by Crippen LogP contribution is -2.43. The number of anilines is 5. The number of nitrogens with zero attached hydrogens (tertiary/aromatic N) is 10. The summed E-state index contributed by atoms with van der Waals surface area (Å²) >= 11 is 0. The summed E-state index contributed by atoms with van der Waals surface area (Å²) in [6, 6.07) is 64.2. The van der Waals surface area contributed by atoms with Crippen molar-refractivity contribution in [1.82, 2.24) is 67.5 Å². The monoisotopic (exact) mass is 1760 g/mol. The molecular weight excluding hydrogens is 1640 g/mol. The summed E-state index contributed by atoms with van der Waals surface area (Å²) in [5.41, 5.74) is 14.0. The smallest absolute Gasteiger partial charge is 0.322 e. The SMILES string of the molecule is CC(C)N1C=Cc2ccccc2NC1=O.CC(C)N1CCc2ccccc2NC1=O.CC(C)N1Cc2ccccc2NC1=O.CC(C)N1Cc2ccccc2NS1(=O)=O.CC(C)N1Cc2cccnc2NC1=O.CC(C)c1cc2ccccc2[nH]c1=O.CC(C)n1c(=O)[nH]c2ccccc21.CC(C)n1c(=O)[nH]c2ccccc2c1=O.CC(C)n1c(=O)[nH]c2ncccc21. The van der Waals surface area contributed by atoms with E-state index >= 15 is 0 Å². The Kier molecular flexibility index (Phi) is 32.9. The van der Waals surface area contributed by atoms with Gasteiger partial charge in [-0.15, -0.1) is 0 Å². The zero-order valence-corrected chi connectivity index (χ0v) is 76.8. The van der Waals surface area contributed by atoms with Crippen molar-refractivity contribution in [2.24, 2.45) is 0 Å². The molecule has 0 bridgehead atoms. The minimum Gasteiger partial charge on any atom is -0.322 e. The summed E-state index contributed by atoms with van der Waals surface area (Å²) in [7, 11) is -3.35. The molecule has 6 aromatic heterocycles. The lowest BCUT2D eigenvalue weighted by molar-refractivity contribution is 0.190. The summed E-state index contributed by atoms with van der Waals surface area (Å²) in [6.45, 7) is 38.0. The minimum absolute atomic E-state index is 0.00120. The number of H-pyrrole nitrogens is 4. The van der Waals surface area contributed by atoms with E-state index in [1.165, 1.54) is 20.0 Å². The van der Waals surface area contributed by atoms with Crippen molar-refractivity contribution in [3.05, 3.63) is 304 Å². The number of benzene rings is 7. The van der Waals surface area contributed by atoms with Crippen molar-refractivity contribution in [2.75, 3.05) is 32.5 Å². The van der Waals surface area contributed by atoms with Crippen molar-refractivity contribution < 1.29 is 27.6 Å². The molecule has 11 heterocycles. The third-order valence-electron chi connectivity index (χ3n) is 21.4. The van der Waals surface area contributed by atoms with Gasteiger partial charge in [0.1, 0.15) is 5.82 Å². The number of pyridine rings is 3. The van der Waals surface area contributed by atoms with Crippen LogP contribution >= 0.6 is 0 Å². The summed E-state index contributed by atoms with van der Waals surface area (Å²) in [4.78, 5) is 131. The summed E-state index contributed by atoms with van der Waals surface area (Å²) in [6.07, 6.45) is 8.05. The average molecular weight is 1760 g/mol. The lowest BCUT2D eigenvalue weighted by atomic mass is 10.0. The number of fused-ring (bicyclic) bond motifs is 9. The number of carbonyl (C=O) groups excluding carboxylic acids is 4. The van der Waals surface area contributed by atoms with Crippen LogP contribution in [0.25, 0.3) is 50.1 Å².